The van der Waals surface area contributed by atoms with Crippen molar-refractivity contribution in [1.82, 2.24) is 43.6 Å². The van der Waals surface area contributed by atoms with Crippen LogP contribution in [0.1, 0.15) is 92.2 Å². The number of alkyl halides is 1. The first kappa shape index (κ1) is 71.4. The molecule has 6 aromatic heterocycles. The zero-order valence-corrected chi connectivity index (χ0v) is 54.3. The van der Waals surface area contributed by atoms with Gasteiger partial charge in [-0.3, -0.25) is 32.5 Å². The number of ether oxygens (including phenoxy) is 6. The number of para-hydroxylation sites is 3. The van der Waals surface area contributed by atoms with E-state index in [4.69, 9.17) is 40.6 Å². The maximum Gasteiger partial charge on any atom is 0.335 e. The highest BCUT2D eigenvalue weighted by Gasteiger charge is 2.20. The zero-order chi connectivity index (χ0) is 72.0. The summed E-state index contributed by atoms with van der Waals surface area (Å²) in [4.78, 5) is 73.9. The number of carboxylic acid groups (broad SMARTS) is 1. The van der Waals surface area contributed by atoms with Crippen molar-refractivity contribution in [2.75, 3.05) is 56.4 Å². The molecular weight excluding hydrogens is 1290 g/mol. The van der Waals surface area contributed by atoms with Gasteiger partial charge in [0.2, 0.25) is 0 Å². The van der Waals surface area contributed by atoms with Crippen LogP contribution in [-0.4, -0.2) is 139 Å². The van der Waals surface area contributed by atoms with E-state index < -0.39 is 37.0 Å². The van der Waals surface area contributed by atoms with Gasteiger partial charge in [0.1, 0.15) is 64.8 Å². The van der Waals surface area contributed by atoms with Crippen LogP contribution in [0.25, 0.3) is 50.6 Å². The Labute approximate surface area is 565 Å². The smallest absolute Gasteiger partial charge is 0.335 e. The second kappa shape index (κ2) is 34.6. The molecule has 6 heterocycles. The van der Waals surface area contributed by atoms with Crippen LogP contribution in [0.15, 0.2) is 183 Å². The highest BCUT2D eigenvalue weighted by atomic mass is 19.1. The van der Waals surface area contributed by atoms with Crippen molar-refractivity contribution in [2.45, 2.75) is 37.9 Å². The summed E-state index contributed by atoms with van der Waals surface area (Å²) in [6, 6.07) is 43.8. The van der Waals surface area contributed by atoms with Crippen molar-refractivity contribution in [3.8, 4) is 52.0 Å². The average Bonchev–Trinajstić information content (AvgIpc) is 1.64. The van der Waals surface area contributed by atoms with Gasteiger partial charge in [-0.05, 0) is 134 Å². The predicted octanol–water partition coefficient (Wildman–Crippen LogP) is 12.2. The number of carbonyl (C=O) groups excluding carboxylic acids is 3. The van der Waals surface area contributed by atoms with Crippen LogP contribution in [0, 0.1) is 17.5 Å². The minimum atomic E-state index is -1.00. The van der Waals surface area contributed by atoms with Crippen molar-refractivity contribution in [2.24, 2.45) is 5.73 Å². The molecule has 2 atom stereocenters. The minimum Gasteiger partial charge on any atom is -0.493 e. The summed E-state index contributed by atoms with van der Waals surface area (Å²) < 4.78 is 92.7. The second-order valence-corrected chi connectivity index (χ2v) is 21.0. The van der Waals surface area contributed by atoms with E-state index in [2.05, 4.69) is 29.9 Å². The Balaban J connectivity index is 0.000000175. The lowest BCUT2D eigenvalue weighted by atomic mass is 10.0. The summed E-state index contributed by atoms with van der Waals surface area (Å²) in [5, 5.41) is 29.0. The maximum atomic E-state index is 13.9. The molecule has 0 bridgehead atoms. The van der Waals surface area contributed by atoms with Gasteiger partial charge in [-0.2, -0.15) is 0 Å². The normalized spacial score (nSPS) is 11.4. The number of pyridine rings is 3. The Bertz CT molecular complexity index is 4820. The van der Waals surface area contributed by atoms with Crippen molar-refractivity contribution >= 4 is 56.4 Å². The van der Waals surface area contributed by atoms with Gasteiger partial charge in [0.05, 0.1) is 90.8 Å². The van der Waals surface area contributed by atoms with E-state index in [0.717, 1.165) is 0 Å². The lowest BCUT2D eigenvalue weighted by Crippen LogP contribution is -2.13. The number of halogens is 4. The fraction of sp³-hybridized carbons (Fsp3) is 0.194. The van der Waals surface area contributed by atoms with E-state index in [9.17, 15) is 47.0 Å². The number of hydrogen-bond donors (Lipinski definition) is 4. The number of Topliss-reactive ketones (excluding diaryl/α,β-unsaturated/α-hetero) is 3. The number of aliphatic hydroxyl groups excluding tert-OH is 2. The fourth-order valence-corrected chi connectivity index (χ4v) is 9.96. The molecule has 99 heavy (non-hydrogen) atoms. The molecule has 0 amide bonds. The number of aromatic nitrogens is 9. The molecule has 0 aliphatic heterocycles. The third kappa shape index (κ3) is 17.6. The van der Waals surface area contributed by atoms with Crippen molar-refractivity contribution in [1.29, 1.82) is 0 Å². The Morgan fingerprint density at radius 1 is 0.455 bits per heavy atom. The molecule has 0 fully saturated rings. The Morgan fingerprint density at radius 2 is 0.798 bits per heavy atom. The average molecular weight is 1360 g/mol. The summed E-state index contributed by atoms with van der Waals surface area (Å²) in [6.45, 7) is 0.0930. The van der Waals surface area contributed by atoms with E-state index in [0.29, 0.717) is 96.5 Å². The molecule has 0 spiro atoms. The fourth-order valence-electron chi connectivity index (χ4n) is 9.96. The van der Waals surface area contributed by atoms with Crippen molar-refractivity contribution < 1.29 is 81.9 Å². The first-order chi connectivity index (χ1) is 48.3. The quantitative estimate of drug-likeness (QED) is 0.0362. The van der Waals surface area contributed by atoms with Gasteiger partial charge in [0.15, 0.2) is 69.3 Å². The second-order valence-electron chi connectivity index (χ2n) is 21.0. The number of fused-ring (bicyclic) bond motifs is 3. The number of nitrogens with two attached hydrogens (primary N) is 1. The maximum absolute atomic E-state index is 13.9. The number of rotatable bonds is 22. The van der Waals surface area contributed by atoms with Crippen LogP contribution < -0.4 is 34.2 Å². The first-order valence-electron chi connectivity index (χ1n) is 30.7. The van der Waals surface area contributed by atoms with Gasteiger partial charge in [0.25, 0.3) is 0 Å². The summed E-state index contributed by atoms with van der Waals surface area (Å²) in [6.07, 6.45) is 3.06. The van der Waals surface area contributed by atoms with Gasteiger partial charge in [-0.1, -0.05) is 36.4 Å². The molecule has 0 aliphatic carbocycles. The van der Waals surface area contributed by atoms with E-state index in [1.165, 1.54) is 92.0 Å². The molecule has 6 aromatic carbocycles. The minimum absolute atomic E-state index is 0.00291. The van der Waals surface area contributed by atoms with Gasteiger partial charge < -0.3 is 49.5 Å². The summed E-state index contributed by atoms with van der Waals surface area (Å²) in [5.74, 6) is 1.63. The number of carbonyl (C=O) groups is 4. The van der Waals surface area contributed by atoms with Crippen LogP contribution in [0.5, 0.6) is 34.5 Å². The highest BCUT2D eigenvalue weighted by Crippen LogP contribution is 2.32. The molecule has 0 saturated heterocycles. The van der Waals surface area contributed by atoms with Crippen LogP contribution in [0.3, 0.4) is 0 Å². The molecule has 23 nitrogen and oxygen atoms in total. The van der Waals surface area contributed by atoms with E-state index >= 15 is 0 Å². The van der Waals surface area contributed by atoms with Crippen LogP contribution >= 0.6 is 0 Å². The van der Waals surface area contributed by atoms with Crippen LogP contribution in [-0.2, 0) is 0 Å². The molecule has 12 aromatic rings. The third-order valence-corrected chi connectivity index (χ3v) is 15.0. The number of imidazole rings is 3. The predicted molar refractivity (Wildman–Crippen MR) is 360 cm³/mol. The number of benzene rings is 6. The first-order valence-corrected chi connectivity index (χ1v) is 30.0. The molecule has 27 heteroatoms. The molecule has 0 radical (unpaired) electrons. The van der Waals surface area contributed by atoms with Crippen molar-refractivity contribution in [3.63, 3.8) is 0 Å². The summed E-state index contributed by atoms with van der Waals surface area (Å²) >= 11 is 0. The molecule has 0 aliphatic rings. The van der Waals surface area contributed by atoms with E-state index in [1.54, 1.807) is 147 Å². The number of carboxylic acids is 1. The zero-order valence-electron chi connectivity index (χ0n) is 55.3. The molecule has 12 rings (SSSR count). The summed E-state index contributed by atoms with van der Waals surface area (Å²) in [7, 11) is 8.00. The Kier molecular flexibility index (Phi) is 25.0. The van der Waals surface area contributed by atoms with Gasteiger partial charge >= 0.3 is 5.97 Å². The SMILES string of the molecule is COc1ccc(C(=O)CCC(=O)c2cccc(-n3cnc4c(F)cccc43)n2)cc1OC.COc1ccc(C(=O)CCC(O)c2cccc(-n3cnc4c(F)cccc43)n2)cc1OC.COc1ccc(C(=O)O)cc1OC.NCC(O)c1cccc(-n2cnc3c(F)cccc32)n1.[2H]CF. The largest absolute Gasteiger partial charge is 0.493 e. The number of ketones is 3. The monoisotopic (exact) mass is 1360 g/mol. The van der Waals surface area contributed by atoms with Gasteiger partial charge in [-0.25, -0.2) is 47.9 Å². The standard InChI is InChI=1S/C24H22FN3O4.C24H20FN3O4.C14H13FN4O.C9H10O4.CH3F/c2*1-31-21-12-9-15(13-22(21)32-2)19(29)10-11-20(30)17-6-4-8-23(27-17)28-14-26-24-16(25)5-3-7-18(24)28;15-9-3-1-5-11-14(9)17-8-19(11)13-6-2-4-10(18-13)12(20)7-16;1-12-7-4-3-6(9(10)11)5-8(7)13-2;1-2/h3-9,12-14,20,30H,10-11H2,1-2H3;3-9,12-14H,10-11H2,1-2H3;1-6,8,12,20H,7,16H2;3-5H,1-2H3,(H,10,11);1H3/i;;;;1D. The van der Waals surface area contributed by atoms with E-state index in [1.807, 2.05) is 0 Å². The van der Waals surface area contributed by atoms with Crippen molar-refractivity contribution in [3.05, 3.63) is 234 Å². The lowest BCUT2D eigenvalue weighted by Gasteiger charge is -2.12. The molecular formula is C72H68F4N10O13. The summed E-state index contributed by atoms with van der Waals surface area (Å²) in [5.41, 5.74) is 10.1. The lowest BCUT2D eigenvalue weighted by molar-refractivity contribution is 0.0695. The Morgan fingerprint density at radius 3 is 1.19 bits per heavy atom. The van der Waals surface area contributed by atoms with E-state index in [-0.39, 0.29) is 77.7 Å². The number of aromatic carboxylic acids is 1. The highest BCUT2D eigenvalue weighted by molar-refractivity contribution is 6.02. The molecule has 512 valence electrons. The topological polar surface area (TPSA) is 302 Å². The number of nitrogens with zero attached hydrogens (tertiary/aromatic N) is 9. The Hall–Kier alpha value is -11.9. The van der Waals surface area contributed by atoms with Gasteiger partial charge in [0, 0.05) is 36.9 Å². The molecule has 5 N–H and O–H groups in total. The van der Waals surface area contributed by atoms with Crippen LogP contribution in [0.4, 0.5) is 17.6 Å². The molecule has 0 saturated carbocycles. The van der Waals surface area contributed by atoms with Gasteiger partial charge in [-0.15, -0.1) is 0 Å². The number of aliphatic hydroxyl groups is 2. The molecule has 2 unspecified atom stereocenters. The number of hydrogen-bond acceptors (Lipinski definition) is 19. The van der Waals surface area contributed by atoms with Crippen LogP contribution in [0.2, 0.25) is 0 Å². The number of methoxy groups -OCH3 is 6. The third-order valence-electron chi connectivity index (χ3n) is 15.0.